The fraction of sp³-hybridized carbons (Fsp3) is 0.833. The molecular weight excluding hydrogens is 297 g/mol. The number of hydrogen-bond donors (Lipinski definition) is 0. The van der Waals surface area contributed by atoms with Gasteiger partial charge in [0.1, 0.15) is 0 Å². The average Bonchev–Trinajstić information content (AvgIpc) is 1.93. The third-order valence-electron chi connectivity index (χ3n) is 1.32. The van der Waals surface area contributed by atoms with Crippen LogP contribution in [0, 0.1) is 6.42 Å². The van der Waals surface area contributed by atoms with E-state index in [4.69, 9.17) is 0 Å². The smallest absolute Gasteiger partial charge is 0.0386 e. The standard InChI is InChI=1S/C6H11.2BrH.Zn/c1-2-4-6-5-3-1;;;/h1H,2-6H2;2*1H;/q;;;+2/p-2. The van der Waals surface area contributed by atoms with E-state index in [0.717, 1.165) is 0 Å². The van der Waals surface area contributed by atoms with Gasteiger partial charge in [0.15, 0.2) is 0 Å². The molecule has 0 aromatic heterocycles. The van der Waals surface area contributed by atoms with Gasteiger partial charge in [0.05, 0.1) is 0 Å². The molecule has 0 heterocycles. The first kappa shape index (κ1) is 10.6. The van der Waals surface area contributed by atoms with Crippen LogP contribution in [0.3, 0.4) is 0 Å². The quantitative estimate of drug-likeness (QED) is 0.596. The topological polar surface area (TPSA) is 0 Å². The van der Waals surface area contributed by atoms with Crippen molar-refractivity contribution in [1.82, 2.24) is 0 Å². The minimum Gasteiger partial charge on any atom is -0.0533 e. The van der Waals surface area contributed by atoms with Gasteiger partial charge in [-0.1, -0.05) is 32.1 Å². The van der Waals surface area contributed by atoms with Crippen LogP contribution in [-0.2, 0) is 13.2 Å². The molecule has 0 unspecified atom stereocenters. The second-order valence-corrected chi connectivity index (χ2v) is 16.1. The summed E-state index contributed by atoms with van der Waals surface area (Å²) in [4.78, 5) is 0. The molecule has 0 nitrogen and oxygen atoms in total. The van der Waals surface area contributed by atoms with E-state index in [0.29, 0.717) is 0 Å². The maximum absolute atomic E-state index is 3.25. The van der Waals surface area contributed by atoms with Crippen molar-refractivity contribution in [3.8, 4) is 0 Å². The Hall–Kier alpha value is 1.58. The largest absolute Gasteiger partial charge is 0.0533 e. The van der Waals surface area contributed by atoms with Crippen molar-refractivity contribution in [1.29, 1.82) is 0 Å². The van der Waals surface area contributed by atoms with Gasteiger partial charge in [-0.25, -0.2) is 0 Å². The van der Waals surface area contributed by atoms with Crippen LogP contribution in [0.1, 0.15) is 32.1 Å². The second kappa shape index (κ2) is 9.58. The Morgan fingerprint density at radius 2 is 1.44 bits per heavy atom. The normalized spacial score (nSPS) is 17.1. The van der Waals surface area contributed by atoms with Crippen LogP contribution in [0.15, 0.2) is 0 Å². The maximum atomic E-state index is 3.25. The molecule has 0 aromatic rings. The summed E-state index contributed by atoms with van der Waals surface area (Å²) in [7, 11) is 0. The van der Waals surface area contributed by atoms with E-state index >= 15 is 0 Å². The van der Waals surface area contributed by atoms with E-state index in [2.05, 4.69) is 33.7 Å². The zero-order valence-electron chi connectivity index (χ0n) is 5.58. The minimum atomic E-state index is -0.250. The van der Waals surface area contributed by atoms with E-state index < -0.39 is 0 Å². The maximum Gasteiger partial charge on any atom is -0.0386 e. The van der Waals surface area contributed by atoms with Crippen LogP contribution in [-0.4, -0.2) is 0 Å². The molecule has 1 aliphatic carbocycles. The Kier molecular flexibility index (Phi) is 11.3. The van der Waals surface area contributed by atoms with Crippen molar-refractivity contribution in [2.75, 3.05) is 0 Å². The molecule has 0 amide bonds. The van der Waals surface area contributed by atoms with Crippen molar-refractivity contribution >= 4 is 27.2 Å². The summed E-state index contributed by atoms with van der Waals surface area (Å²) in [6, 6.07) is 0. The Labute approximate surface area is 78.5 Å². The van der Waals surface area contributed by atoms with Crippen LogP contribution in [0.5, 0.6) is 0 Å². The molecule has 1 fully saturated rings. The summed E-state index contributed by atoms with van der Waals surface area (Å²) in [5, 5.41) is 0. The molecule has 0 aromatic carbocycles. The second-order valence-electron chi connectivity index (χ2n) is 2.03. The van der Waals surface area contributed by atoms with Gasteiger partial charge in [-0.15, -0.1) is 0 Å². The first-order valence-electron chi connectivity index (χ1n) is 3.35. The molecule has 0 atom stereocenters. The zero-order valence-corrected chi connectivity index (χ0v) is 11.7. The Balaban J connectivity index is 0.000000187. The summed E-state index contributed by atoms with van der Waals surface area (Å²) in [6.45, 7) is 0. The van der Waals surface area contributed by atoms with Gasteiger partial charge in [-0.2, -0.15) is 0 Å². The Morgan fingerprint density at radius 3 is 1.56 bits per heavy atom. The van der Waals surface area contributed by atoms with Crippen LogP contribution in [0.2, 0.25) is 0 Å². The van der Waals surface area contributed by atoms with Gasteiger partial charge in [0, 0.05) is 0 Å². The van der Waals surface area contributed by atoms with Crippen LogP contribution < -0.4 is 0 Å². The molecule has 0 aliphatic heterocycles. The summed E-state index contributed by atoms with van der Waals surface area (Å²) in [6.07, 6.45) is 9.50. The predicted octanol–water partition coefficient (Wildman–Crippen LogP) is 3.84. The van der Waals surface area contributed by atoms with E-state index in [-0.39, 0.29) is 13.2 Å². The zero-order chi connectivity index (χ0) is 6.95. The van der Waals surface area contributed by atoms with Crippen LogP contribution in [0.4, 0.5) is 0 Å². The third kappa shape index (κ3) is 9.58. The fourth-order valence-electron chi connectivity index (χ4n) is 0.898. The third-order valence-corrected chi connectivity index (χ3v) is 1.32. The van der Waals surface area contributed by atoms with Crippen LogP contribution >= 0.6 is 27.2 Å². The van der Waals surface area contributed by atoms with Crippen molar-refractivity contribution in [3.63, 3.8) is 0 Å². The number of hydrogen-bond acceptors (Lipinski definition) is 0. The molecule has 51 valence electrons. The molecule has 1 saturated carbocycles. The molecule has 0 saturated heterocycles. The van der Waals surface area contributed by atoms with Crippen molar-refractivity contribution < 1.29 is 13.2 Å². The molecule has 1 aliphatic rings. The van der Waals surface area contributed by atoms with E-state index in [1.165, 1.54) is 32.1 Å². The van der Waals surface area contributed by atoms with E-state index in [9.17, 15) is 0 Å². The predicted molar refractivity (Wildman–Crippen MR) is 45.2 cm³/mol. The van der Waals surface area contributed by atoms with Crippen LogP contribution in [0.25, 0.3) is 0 Å². The van der Waals surface area contributed by atoms with E-state index in [1.54, 1.807) is 0 Å². The first-order valence-corrected chi connectivity index (χ1v) is 17.2. The van der Waals surface area contributed by atoms with Gasteiger partial charge in [-0.05, 0) is 6.42 Å². The molecule has 0 N–H and O–H groups in total. The summed E-state index contributed by atoms with van der Waals surface area (Å²) < 4.78 is 0. The molecule has 0 bridgehead atoms. The monoisotopic (exact) mass is 305 g/mol. The molecule has 3 heteroatoms. The molecular formula is C6H11Br2Zn. The summed E-state index contributed by atoms with van der Waals surface area (Å²) in [5.74, 6) is 0. The fourth-order valence-corrected chi connectivity index (χ4v) is 0.898. The molecule has 0 spiro atoms. The summed E-state index contributed by atoms with van der Waals surface area (Å²) in [5.41, 5.74) is 0. The number of halogens is 2. The molecule has 1 rings (SSSR count). The number of rotatable bonds is 0. The van der Waals surface area contributed by atoms with Gasteiger partial charge >= 0.3 is 40.5 Å². The van der Waals surface area contributed by atoms with Gasteiger partial charge in [-0.3, -0.25) is 0 Å². The summed E-state index contributed by atoms with van der Waals surface area (Å²) >= 11 is 6.25. The molecule has 1 radical (unpaired) electrons. The van der Waals surface area contributed by atoms with Crippen molar-refractivity contribution in [2.45, 2.75) is 32.1 Å². The van der Waals surface area contributed by atoms with E-state index in [1.807, 2.05) is 0 Å². The first-order chi connectivity index (χ1) is 4.41. The van der Waals surface area contributed by atoms with Crippen molar-refractivity contribution in [2.24, 2.45) is 0 Å². The Morgan fingerprint density at radius 1 is 1.00 bits per heavy atom. The average molecular weight is 308 g/mol. The van der Waals surface area contributed by atoms with Gasteiger partial charge in [0.2, 0.25) is 0 Å². The minimum absolute atomic E-state index is 0.250. The SMILES string of the molecule is [Br][Zn][Br].[CH]1CCCCC1. The molecule has 9 heavy (non-hydrogen) atoms. The van der Waals surface area contributed by atoms with Gasteiger partial charge < -0.3 is 0 Å². The Bertz CT molecular complexity index is 34.8. The van der Waals surface area contributed by atoms with Crippen molar-refractivity contribution in [3.05, 3.63) is 6.42 Å². The van der Waals surface area contributed by atoms with Gasteiger partial charge in [0.25, 0.3) is 0 Å².